The van der Waals surface area contributed by atoms with Gasteiger partial charge in [0.2, 0.25) is 5.91 Å². The molecule has 1 aliphatic heterocycles. The molecule has 5 rings (SSSR count). The third-order valence-corrected chi connectivity index (χ3v) is 7.35. The van der Waals surface area contributed by atoms with Crippen LogP contribution in [-0.4, -0.2) is 43.0 Å². The van der Waals surface area contributed by atoms with Crippen LogP contribution in [0.15, 0.2) is 30.6 Å². The fourth-order valence-corrected chi connectivity index (χ4v) is 5.55. The first kappa shape index (κ1) is 22.0. The molecule has 3 aromatic heterocycles. The average molecular weight is 447 g/mol. The zero-order valence-corrected chi connectivity index (χ0v) is 19.8. The number of hydrogen-bond acceptors (Lipinski definition) is 5. The first-order valence-electron chi connectivity index (χ1n) is 12.4. The second kappa shape index (κ2) is 9.59. The third kappa shape index (κ3) is 4.78. The lowest BCUT2D eigenvalue weighted by molar-refractivity contribution is -0.121. The molecule has 4 heterocycles. The van der Waals surface area contributed by atoms with Gasteiger partial charge < -0.3 is 5.32 Å². The minimum Gasteiger partial charge on any atom is -0.353 e. The second-order valence-electron chi connectivity index (χ2n) is 9.63. The van der Waals surface area contributed by atoms with E-state index in [4.69, 9.17) is 10.1 Å². The molecular weight excluding hydrogens is 412 g/mol. The van der Waals surface area contributed by atoms with Gasteiger partial charge in [0, 0.05) is 48.9 Å². The maximum Gasteiger partial charge on any atom is 0.220 e. The predicted molar refractivity (Wildman–Crippen MR) is 128 cm³/mol. The number of hydrogen-bond donors (Lipinski definition) is 1. The molecule has 0 radical (unpaired) electrons. The fraction of sp³-hybridized carbons (Fsp3) is 0.538. The Bertz CT molecular complexity index is 1120. The van der Waals surface area contributed by atoms with Crippen LogP contribution in [0.4, 0.5) is 0 Å². The summed E-state index contributed by atoms with van der Waals surface area (Å²) in [7, 11) is 0. The lowest BCUT2D eigenvalue weighted by atomic mass is 10.1. The first-order valence-corrected chi connectivity index (χ1v) is 12.4. The number of pyridine rings is 1. The van der Waals surface area contributed by atoms with Crippen LogP contribution in [0, 0.1) is 13.8 Å². The summed E-state index contributed by atoms with van der Waals surface area (Å²) < 4.78 is 1.98. The first-order chi connectivity index (χ1) is 16.1. The topological polar surface area (TPSA) is 75.4 Å². The number of carbonyl (C=O) groups excluding carboxylic acids is 1. The summed E-state index contributed by atoms with van der Waals surface area (Å²) in [5.41, 5.74) is 6.50. The number of amides is 1. The van der Waals surface area contributed by atoms with Crippen molar-refractivity contribution in [3.63, 3.8) is 0 Å². The molecule has 33 heavy (non-hydrogen) atoms. The normalized spacial score (nSPS) is 19.5. The van der Waals surface area contributed by atoms with E-state index in [0.29, 0.717) is 24.9 Å². The molecule has 2 aliphatic rings. The van der Waals surface area contributed by atoms with E-state index in [1.54, 1.807) is 0 Å². The summed E-state index contributed by atoms with van der Waals surface area (Å²) in [6.07, 6.45) is 11.9. The minimum atomic E-state index is 0.152. The van der Waals surface area contributed by atoms with E-state index in [1.165, 1.54) is 24.8 Å². The van der Waals surface area contributed by atoms with Crippen molar-refractivity contribution >= 4 is 11.6 Å². The molecule has 1 N–H and O–H groups in total. The summed E-state index contributed by atoms with van der Waals surface area (Å²) in [5, 5.41) is 8.20. The molecule has 1 amide bonds. The highest BCUT2D eigenvalue weighted by molar-refractivity contribution is 5.76. The van der Waals surface area contributed by atoms with E-state index in [2.05, 4.69) is 47.2 Å². The van der Waals surface area contributed by atoms with Crippen molar-refractivity contribution in [3.8, 4) is 0 Å². The maximum atomic E-state index is 12.5. The molecule has 3 aromatic rings. The highest BCUT2D eigenvalue weighted by Crippen LogP contribution is 2.33. The standard InChI is InChI=1S/C26H34N6O/c1-18-22(9-10-26(33)29-21-6-3-4-7-21)19(2)32-25(28-18)16-23(30-32)24-8-5-15-31(24)17-20-11-13-27-14-12-20/h11-14,16,21,24H,3-10,15,17H2,1-2H3,(H,29,33)/t24-/m0/s1. The van der Waals surface area contributed by atoms with Gasteiger partial charge in [0.1, 0.15) is 0 Å². The molecule has 174 valence electrons. The fourth-order valence-electron chi connectivity index (χ4n) is 5.55. The van der Waals surface area contributed by atoms with Gasteiger partial charge in [-0.2, -0.15) is 5.10 Å². The van der Waals surface area contributed by atoms with Crippen LogP contribution in [0.5, 0.6) is 0 Å². The molecule has 0 unspecified atom stereocenters. The second-order valence-corrected chi connectivity index (χ2v) is 9.63. The van der Waals surface area contributed by atoms with Crippen LogP contribution in [0.3, 0.4) is 0 Å². The third-order valence-electron chi connectivity index (χ3n) is 7.35. The zero-order valence-electron chi connectivity index (χ0n) is 19.8. The van der Waals surface area contributed by atoms with E-state index >= 15 is 0 Å². The van der Waals surface area contributed by atoms with Crippen molar-refractivity contribution in [2.75, 3.05) is 6.54 Å². The number of carbonyl (C=O) groups is 1. The Morgan fingerprint density at radius 1 is 1.12 bits per heavy atom. The molecule has 0 aromatic carbocycles. The Balaban J connectivity index is 1.32. The highest BCUT2D eigenvalue weighted by atomic mass is 16.1. The van der Waals surface area contributed by atoms with E-state index in [9.17, 15) is 4.79 Å². The van der Waals surface area contributed by atoms with Crippen LogP contribution in [0.1, 0.15) is 79.2 Å². The number of rotatable bonds is 7. The Morgan fingerprint density at radius 3 is 2.70 bits per heavy atom. The number of likely N-dealkylation sites (tertiary alicyclic amines) is 1. The van der Waals surface area contributed by atoms with E-state index in [-0.39, 0.29) is 5.91 Å². The summed E-state index contributed by atoms with van der Waals surface area (Å²) in [6.45, 7) is 6.14. The van der Waals surface area contributed by atoms with Crippen LogP contribution >= 0.6 is 0 Å². The smallest absolute Gasteiger partial charge is 0.220 e. The number of nitrogens with one attached hydrogen (secondary N) is 1. The van der Waals surface area contributed by atoms with Crippen LogP contribution in [-0.2, 0) is 17.8 Å². The van der Waals surface area contributed by atoms with Crippen molar-refractivity contribution in [1.29, 1.82) is 0 Å². The minimum absolute atomic E-state index is 0.152. The lowest BCUT2D eigenvalue weighted by Gasteiger charge is -2.22. The maximum absolute atomic E-state index is 12.5. The quantitative estimate of drug-likeness (QED) is 0.592. The molecule has 0 spiro atoms. The molecule has 0 bridgehead atoms. The molecule has 7 nitrogen and oxygen atoms in total. The van der Waals surface area contributed by atoms with Gasteiger partial charge in [0.05, 0.1) is 11.7 Å². The van der Waals surface area contributed by atoms with Gasteiger partial charge >= 0.3 is 0 Å². The van der Waals surface area contributed by atoms with Gasteiger partial charge in [0.15, 0.2) is 5.65 Å². The van der Waals surface area contributed by atoms with E-state index in [0.717, 1.165) is 60.6 Å². The highest BCUT2D eigenvalue weighted by Gasteiger charge is 2.29. The summed E-state index contributed by atoms with van der Waals surface area (Å²) in [6, 6.07) is 6.99. The van der Waals surface area contributed by atoms with Gasteiger partial charge in [-0.1, -0.05) is 12.8 Å². The van der Waals surface area contributed by atoms with E-state index in [1.807, 2.05) is 16.9 Å². The van der Waals surface area contributed by atoms with Crippen molar-refractivity contribution in [2.24, 2.45) is 0 Å². The monoisotopic (exact) mass is 446 g/mol. The van der Waals surface area contributed by atoms with Gasteiger partial charge in [-0.05, 0) is 75.8 Å². The van der Waals surface area contributed by atoms with Crippen LogP contribution in [0.25, 0.3) is 5.65 Å². The molecule has 1 saturated carbocycles. The number of nitrogens with zero attached hydrogens (tertiary/aromatic N) is 5. The van der Waals surface area contributed by atoms with Crippen molar-refractivity contribution < 1.29 is 4.79 Å². The summed E-state index contributed by atoms with van der Waals surface area (Å²) >= 11 is 0. The Morgan fingerprint density at radius 2 is 1.91 bits per heavy atom. The van der Waals surface area contributed by atoms with Crippen molar-refractivity contribution in [3.05, 3.63) is 58.8 Å². The molecular formula is C26H34N6O. The van der Waals surface area contributed by atoms with Crippen molar-refractivity contribution in [1.82, 2.24) is 29.8 Å². The Hall–Kier alpha value is -2.80. The average Bonchev–Trinajstić information content (AvgIpc) is 3.55. The van der Waals surface area contributed by atoms with Crippen molar-refractivity contribution in [2.45, 2.75) is 83.8 Å². The summed E-state index contributed by atoms with van der Waals surface area (Å²) in [5.74, 6) is 0.152. The largest absolute Gasteiger partial charge is 0.353 e. The zero-order chi connectivity index (χ0) is 22.8. The van der Waals surface area contributed by atoms with Gasteiger partial charge in [-0.25, -0.2) is 9.50 Å². The van der Waals surface area contributed by atoms with E-state index < -0.39 is 0 Å². The van der Waals surface area contributed by atoms with Gasteiger partial charge in [0.25, 0.3) is 0 Å². The SMILES string of the molecule is Cc1nc2cc([C@@H]3CCCN3Cc3ccncc3)nn2c(C)c1CCC(=O)NC1CCCC1. The van der Waals surface area contributed by atoms with Gasteiger partial charge in [-0.15, -0.1) is 0 Å². The number of fused-ring (bicyclic) bond motifs is 1. The number of aryl methyl sites for hydroxylation is 2. The molecule has 1 atom stereocenters. The van der Waals surface area contributed by atoms with Crippen LogP contribution in [0.2, 0.25) is 0 Å². The lowest BCUT2D eigenvalue weighted by Crippen LogP contribution is -2.32. The molecule has 2 fully saturated rings. The molecule has 1 aliphatic carbocycles. The Labute approximate surface area is 195 Å². The molecule has 1 saturated heterocycles. The number of aromatic nitrogens is 4. The van der Waals surface area contributed by atoms with Gasteiger partial charge in [-0.3, -0.25) is 14.7 Å². The summed E-state index contributed by atoms with van der Waals surface area (Å²) in [4.78, 5) is 24.0. The predicted octanol–water partition coefficient (Wildman–Crippen LogP) is 4.07. The van der Waals surface area contributed by atoms with Crippen LogP contribution < -0.4 is 5.32 Å². The Kier molecular flexibility index (Phi) is 6.40. The molecule has 7 heteroatoms.